The van der Waals surface area contributed by atoms with E-state index in [0.717, 1.165) is 89.2 Å². The van der Waals surface area contributed by atoms with Gasteiger partial charge in [0.25, 0.3) is 0 Å². The van der Waals surface area contributed by atoms with Crippen LogP contribution in [-0.4, -0.2) is 42.5 Å². The van der Waals surface area contributed by atoms with Crippen LogP contribution in [0.2, 0.25) is 19.6 Å². The zero-order valence-electron chi connectivity index (χ0n) is 73.0. The fraction of sp³-hybridized carbons (Fsp3) is 0.0244. The molecule has 7 nitrogen and oxygen atoms in total. The largest absolute Gasteiger partial charge is 0.305 e. The second kappa shape index (κ2) is 37.7. The van der Waals surface area contributed by atoms with Crippen LogP contribution in [0.15, 0.2) is 473 Å². The fourth-order valence-electron chi connectivity index (χ4n) is 17.6. The fourth-order valence-corrected chi connectivity index (χ4v) is 18.7. The van der Waals surface area contributed by atoms with Crippen molar-refractivity contribution in [2.45, 2.75) is 19.6 Å². The second-order valence-electron chi connectivity index (χ2n) is 34.0. The molecule has 0 atom stereocenters. The molecule has 9 heteroatoms. The van der Waals surface area contributed by atoms with E-state index in [9.17, 15) is 0 Å². The maximum absolute atomic E-state index is 5.12. The molecule has 0 saturated carbocycles. The van der Waals surface area contributed by atoms with Crippen molar-refractivity contribution in [1.29, 1.82) is 0 Å². The number of hydrogen-bond donors (Lipinski definition) is 0. The van der Waals surface area contributed by atoms with Crippen molar-refractivity contribution in [2.24, 2.45) is 0 Å². The number of pyridine rings is 2. The summed E-state index contributed by atoms with van der Waals surface area (Å²) in [5, 5.41) is 18.5. The number of hydrogen-bond acceptors (Lipinski definition) is 6. The molecule has 24 aromatic rings. The van der Waals surface area contributed by atoms with Gasteiger partial charge in [-0.2, -0.15) is 0 Å². The molecule has 0 saturated heterocycles. The minimum absolute atomic E-state index is 0. The first kappa shape index (κ1) is 84.0. The molecule has 4 heterocycles. The summed E-state index contributed by atoms with van der Waals surface area (Å²) in [6, 6.07) is 169. The van der Waals surface area contributed by atoms with E-state index in [1.165, 1.54) is 114 Å². The van der Waals surface area contributed by atoms with E-state index in [0.29, 0.717) is 17.5 Å². The molecule has 0 aliphatic rings. The van der Waals surface area contributed by atoms with Gasteiger partial charge in [-0.3, -0.25) is 4.57 Å². The monoisotopic (exact) mass is 1880 g/mol. The van der Waals surface area contributed by atoms with Crippen LogP contribution in [0.3, 0.4) is 0 Å². The molecule has 0 bridgehead atoms. The Morgan fingerprint density at radius 2 is 0.636 bits per heavy atom. The van der Waals surface area contributed by atoms with E-state index in [1.54, 1.807) is 6.20 Å². The van der Waals surface area contributed by atoms with Crippen LogP contribution < -0.4 is 5.19 Å². The molecular weight excluding hydrogens is 1800 g/mol. The van der Waals surface area contributed by atoms with Crippen LogP contribution in [0.5, 0.6) is 0 Å². The van der Waals surface area contributed by atoms with Gasteiger partial charge >= 0.3 is 0 Å². The summed E-state index contributed by atoms with van der Waals surface area (Å²) in [5.74, 6) is 2.91. The Hall–Kier alpha value is -16.1. The van der Waals surface area contributed by atoms with Gasteiger partial charge in [-0.25, -0.2) is 19.9 Å². The molecule has 4 aromatic heterocycles. The van der Waals surface area contributed by atoms with Gasteiger partial charge in [0, 0.05) is 60.4 Å². The van der Waals surface area contributed by atoms with E-state index >= 15 is 0 Å². The minimum atomic E-state index is -1.29. The predicted molar refractivity (Wildman–Crippen MR) is 552 cm³/mol. The molecule has 0 unspecified atom stereocenters. The minimum Gasteiger partial charge on any atom is -0.305 e. The molecule has 0 aliphatic carbocycles. The van der Waals surface area contributed by atoms with Gasteiger partial charge in [-0.15, -0.1) is 71.3 Å². The molecule has 1 radical (unpaired) electrons. The van der Waals surface area contributed by atoms with Gasteiger partial charge in [0.05, 0.1) is 19.1 Å². The van der Waals surface area contributed by atoms with Gasteiger partial charge < -0.3 is 9.97 Å². The smallest absolute Gasteiger partial charge is 0.164 e. The van der Waals surface area contributed by atoms with Crippen molar-refractivity contribution >= 4 is 99.7 Å². The molecule has 0 N–H and O–H groups in total. The topological polar surface area (TPSA) is 82.3 Å². The van der Waals surface area contributed by atoms with E-state index in [-0.39, 0.29) is 20.1 Å². The van der Waals surface area contributed by atoms with Gasteiger partial charge in [0.1, 0.15) is 5.82 Å². The molecular formula is C123H87IrN7Si-2. The zero-order valence-corrected chi connectivity index (χ0v) is 76.4. The summed E-state index contributed by atoms with van der Waals surface area (Å²) >= 11 is 0. The number of aromatic nitrogens is 7. The van der Waals surface area contributed by atoms with E-state index < -0.39 is 8.07 Å². The Balaban J connectivity index is 0.000000123. The van der Waals surface area contributed by atoms with Gasteiger partial charge in [-0.05, 0) is 209 Å². The zero-order chi connectivity index (χ0) is 88.0. The second-order valence-corrected chi connectivity index (χ2v) is 39.0. The third-order valence-corrected chi connectivity index (χ3v) is 26.5. The summed E-state index contributed by atoms with van der Waals surface area (Å²) in [4.78, 5) is 29.0. The first-order valence-electron chi connectivity index (χ1n) is 44.4. The van der Waals surface area contributed by atoms with Crippen molar-refractivity contribution in [3.05, 3.63) is 486 Å². The average Bonchev–Trinajstić information content (AvgIpc) is 0.861. The maximum Gasteiger partial charge on any atom is 0.164 e. The molecule has 629 valence electrons. The molecule has 0 amide bonds. The van der Waals surface area contributed by atoms with Crippen LogP contribution in [0, 0.1) is 12.1 Å². The predicted octanol–water partition coefficient (Wildman–Crippen LogP) is 31.6. The molecule has 0 spiro atoms. The van der Waals surface area contributed by atoms with Crippen molar-refractivity contribution in [2.75, 3.05) is 0 Å². The number of imidazole rings is 1. The standard InChI is InChI=1S/C53H34N2.C39H25N3.C20H20NSi.C11H8N.Ir/c1-2-16-44(17-3-1)55-50-21-11-10-20-49(50)54-53(55)38-26-22-37(23-27-38)41-30-31-47-48(34-41)52(43-29-25-36-13-5-7-15-40(36)33-43)46-19-9-8-18-45(46)51(47)42-28-24-35-12-4-6-14-39(35)32-42;1-4-10-31-23-34(20-15-26(31)7-1)29-13-18-30(19-14-29)37-40-38(35-21-16-27-8-2-5-11-32(27)24-35)42-39(41-37)36-22-17-28-9-3-6-12-33(28)25-36;1-22(2,3)19-12-13-20(21-15-19)18-11-7-10-17(14-18)16-8-5-4-6-9-16;1-2-6-10(7-3-1)11-8-4-5-9-12-11;/h1-34H;1-25H;4-10,12-15H,1-3H3;1-6,8-9H;/q;;2*-1;. The van der Waals surface area contributed by atoms with Gasteiger partial charge in [0.15, 0.2) is 17.5 Å². The number of para-hydroxylation sites is 3. The van der Waals surface area contributed by atoms with E-state index in [1.807, 2.05) is 60.8 Å². The third-order valence-electron chi connectivity index (χ3n) is 24.5. The number of rotatable bonds is 13. The Kier molecular flexibility index (Phi) is 24.0. The van der Waals surface area contributed by atoms with Crippen molar-refractivity contribution in [3.8, 4) is 129 Å². The average molecular weight is 1880 g/mol. The molecule has 0 aliphatic heterocycles. The normalized spacial score (nSPS) is 11.2. The summed E-state index contributed by atoms with van der Waals surface area (Å²) < 4.78 is 2.26. The first-order chi connectivity index (χ1) is 64.5. The molecule has 24 rings (SSSR count). The Morgan fingerprint density at radius 3 is 1.16 bits per heavy atom. The van der Waals surface area contributed by atoms with Crippen LogP contribution in [0.1, 0.15) is 0 Å². The summed E-state index contributed by atoms with van der Waals surface area (Å²) in [6.45, 7) is 7.02. The van der Waals surface area contributed by atoms with Crippen molar-refractivity contribution in [1.82, 2.24) is 34.5 Å². The molecule has 20 aromatic carbocycles. The van der Waals surface area contributed by atoms with Gasteiger partial charge in [0.2, 0.25) is 0 Å². The molecule has 0 fully saturated rings. The van der Waals surface area contributed by atoms with Crippen LogP contribution in [0.25, 0.3) is 216 Å². The summed E-state index contributed by atoms with van der Waals surface area (Å²) in [7, 11) is -1.29. The van der Waals surface area contributed by atoms with Gasteiger partial charge in [-0.1, -0.05) is 371 Å². The van der Waals surface area contributed by atoms with Crippen LogP contribution >= 0.6 is 0 Å². The number of benzene rings is 20. The summed E-state index contributed by atoms with van der Waals surface area (Å²) in [5.41, 5.74) is 23.2. The maximum atomic E-state index is 5.12. The van der Waals surface area contributed by atoms with Crippen molar-refractivity contribution < 1.29 is 20.1 Å². The van der Waals surface area contributed by atoms with E-state index in [2.05, 4.69) is 453 Å². The Bertz CT molecular complexity index is 8160. The Labute approximate surface area is 782 Å². The third kappa shape index (κ3) is 17.9. The molecule has 132 heavy (non-hydrogen) atoms. The van der Waals surface area contributed by atoms with E-state index in [4.69, 9.17) is 19.9 Å². The summed E-state index contributed by atoms with van der Waals surface area (Å²) in [6.07, 6.45) is 3.82. The van der Waals surface area contributed by atoms with Crippen LogP contribution in [0.4, 0.5) is 0 Å². The first-order valence-corrected chi connectivity index (χ1v) is 47.9. The quantitative estimate of drug-likeness (QED) is 0.0650. The SMILES string of the molecule is C[Si](C)(C)c1ccc(-c2[c-]ccc(-c3ccccc3)c2)nc1.[Ir].[c-]1ccccc1-c1ccccn1.c1ccc(-n2c(-c3ccc(-c4ccc5c(-c6ccc7ccccc7c6)c6ccccc6c(-c6ccc7ccccc7c6)c5c4)cc3)nc3ccccc32)cc1.c1ccc2cc(-c3ccc(-c4nc(-c5ccc6ccccc6c5)nc(-c5ccc6ccccc6c5)n4)cc3)ccc2c1. The van der Waals surface area contributed by atoms with Crippen LogP contribution in [-0.2, 0) is 20.1 Å². The van der Waals surface area contributed by atoms with Crippen molar-refractivity contribution in [3.63, 3.8) is 0 Å². The Morgan fingerprint density at radius 1 is 0.242 bits per heavy atom. The number of fused-ring (bicyclic) bond motifs is 8. The number of nitrogens with zero attached hydrogens (tertiary/aromatic N) is 7.